The lowest BCUT2D eigenvalue weighted by Crippen LogP contribution is -2.16. The van der Waals surface area contributed by atoms with Crippen LogP contribution in [-0.4, -0.2) is 23.7 Å². The highest BCUT2D eigenvalue weighted by Crippen LogP contribution is 2.19. The van der Waals surface area contributed by atoms with E-state index in [2.05, 4.69) is 29.4 Å². The van der Waals surface area contributed by atoms with Gasteiger partial charge in [0.25, 0.3) is 0 Å². The quantitative estimate of drug-likeness (QED) is 0.674. The lowest BCUT2D eigenvalue weighted by molar-refractivity contribution is -0.120. The van der Waals surface area contributed by atoms with Gasteiger partial charge in [0.1, 0.15) is 5.78 Å². The third-order valence-electron chi connectivity index (χ3n) is 3.93. The molecule has 1 amide bonds. The number of hydrogen-bond acceptors (Lipinski definition) is 3. The number of amides is 1. The normalized spacial score (nSPS) is 12.0. The smallest absolute Gasteiger partial charge is 0.219 e. The van der Waals surface area contributed by atoms with Crippen molar-refractivity contribution in [1.82, 2.24) is 10.3 Å². The predicted molar refractivity (Wildman–Crippen MR) is 88.8 cm³/mol. The Balaban J connectivity index is 2.29. The van der Waals surface area contributed by atoms with Crippen LogP contribution >= 0.6 is 0 Å². The number of Topliss-reactive ketones (excluding diaryl/α,β-unsaturated/α-hetero) is 1. The molecular formula is C18H28N2O2. The maximum absolute atomic E-state index is 11.1. The molecular weight excluding hydrogens is 276 g/mol. The van der Waals surface area contributed by atoms with Crippen LogP contribution in [0.1, 0.15) is 69.5 Å². The molecule has 1 N–H and O–H groups in total. The van der Waals surface area contributed by atoms with Crippen molar-refractivity contribution in [1.29, 1.82) is 0 Å². The largest absolute Gasteiger partial charge is 0.359 e. The van der Waals surface area contributed by atoms with Gasteiger partial charge in [-0.15, -0.1) is 0 Å². The molecule has 4 nitrogen and oxygen atoms in total. The van der Waals surface area contributed by atoms with Gasteiger partial charge in [0.15, 0.2) is 0 Å². The van der Waals surface area contributed by atoms with Gasteiger partial charge in [0.2, 0.25) is 5.91 Å². The van der Waals surface area contributed by atoms with Crippen molar-refractivity contribution >= 4 is 11.7 Å². The van der Waals surface area contributed by atoms with Gasteiger partial charge >= 0.3 is 0 Å². The van der Waals surface area contributed by atoms with Gasteiger partial charge in [-0.05, 0) is 50.2 Å². The average Bonchev–Trinajstić information content (AvgIpc) is 2.52. The summed E-state index contributed by atoms with van der Waals surface area (Å²) in [5, 5.41) is 2.64. The summed E-state index contributed by atoms with van der Waals surface area (Å²) in [6, 6.07) is 4.20. The van der Waals surface area contributed by atoms with E-state index in [1.165, 1.54) is 5.56 Å². The molecule has 1 aromatic rings. The number of carbonyl (C=O) groups is 2. The molecule has 0 unspecified atom stereocenters. The van der Waals surface area contributed by atoms with Gasteiger partial charge in [-0.3, -0.25) is 9.78 Å². The third kappa shape index (κ3) is 7.34. The average molecular weight is 304 g/mol. The first kappa shape index (κ1) is 18.3. The first-order chi connectivity index (χ1) is 10.5. The lowest BCUT2D eigenvalue weighted by atomic mass is 9.99. The number of pyridine rings is 1. The van der Waals surface area contributed by atoms with Crippen LogP contribution in [0.15, 0.2) is 18.3 Å². The first-order valence-corrected chi connectivity index (χ1v) is 8.17. The van der Waals surface area contributed by atoms with Crippen molar-refractivity contribution in [2.45, 2.75) is 64.7 Å². The van der Waals surface area contributed by atoms with E-state index >= 15 is 0 Å². The van der Waals surface area contributed by atoms with Crippen molar-refractivity contribution in [3.05, 3.63) is 29.6 Å². The fourth-order valence-electron chi connectivity index (χ4n) is 2.36. The second-order valence-electron chi connectivity index (χ2n) is 5.97. The summed E-state index contributed by atoms with van der Waals surface area (Å²) < 4.78 is 0. The highest BCUT2D eigenvalue weighted by molar-refractivity contribution is 5.75. The Kier molecular flexibility index (Phi) is 8.41. The SMILES string of the molecule is CNC(=O)CCCCCc1ccc([C@@H](C)CCC(C)=O)nc1. The number of hydrogen-bond donors (Lipinski definition) is 1. The minimum absolute atomic E-state index is 0.116. The molecule has 0 aliphatic rings. The molecule has 22 heavy (non-hydrogen) atoms. The minimum Gasteiger partial charge on any atom is -0.359 e. The lowest BCUT2D eigenvalue weighted by Gasteiger charge is -2.10. The van der Waals surface area contributed by atoms with E-state index in [0.29, 0.717) is 18.8 Å². The van der Waals surface area contributed by atoms with Crippen molar-refractivity contribution in [3.63, 3.8) is 0 Å². The molecule has 0 saturated heterocycles. The van der Waals surface area contributed by atoms with Crippen LogP contribution in [0.2, 0.25) is 0 Å². The molecule has 0 aliphatic heterocycles. The molecule has 122 valence electrons. The van der Waals surface area contributed by atoms with Gasteiger partial charge in [-0.1, -0.05) is 19.4 Å². The Hall–Kier alpha value is -1.71. The highest BCUT2D eigenvalue weighted by Gasteiger charge is 2.08. The number of aryl methyl sites for hydroxylation is 1. The summed E-state index contributed by atoms with van der Waals surface area (Å²) in [6.07, 6.45) is 8.12. The van der Waals surface area contributed by atoms with E-state index in [1.54, 1.807) is 14.0 Å². The van der Waals surface area contributed by atoms with Crippen molar-refractivity contribution in [2.75, 3.05) is 7.05 Å². The molecule has 4 heteroatoms. The molecule has 1 aromatic heterocycles. The van der Waals surface area contributed by atoms with Crippen LogP contribution in [-0.2, 0) is 16.0 Å². The topological polar surface area (TPSA) is 59.1 Å². The van der Waals surface area contributed by atoms with Gasteiger partial charge < -0.3 is 10.1 Å². The van der Waals surface area contributed by atoms with Crippen molar-refractivity contribution in [3.8, 4) is 0 Å². The third-order valence-corrected chi connectivity index (χ3v) is 3.93. The standard InChI is InChI=1S/C18H28N2O2/c1-14(9-10-15(2)21)17-12-11-16(13-20-17)7-5-4-6-8-18(22)19-3/h11-14H,4-10H2,1-3H3,(H,19,22)/t14-/m0/s1. The number of rotatable bonds is 10. The van der Waals surface area contributed by atoms with Crippen LogP contribution < -0.4 is 5.32 Å². The van der Waals surface area contributed by atoms with E-state index in [0.717, 1.165) is 37.8 Å². The van der Waals surface area contributed by atoms with E-state index in [9.17, 15) is 9.59 Å². The van der Waals surface area contributed by atoms with E-state index in [4.69, 9.17) is 0 Å². The summed E-state index contributed by atoms with van der Waals surface area (Å²) in [7, 11) is 1.67. The summed E-state index contributed by atoms with van der Waals surface area (Å²) in [6.45, 7) is 3.75. The number of aromatic nitrogens is 1. The van der Waals surface area contributed by atoms with Gasteiger partial charge in [-0.25, -0.2) is 0 Å². The van der Waals surface area contributed by atoms with Crippen LogP contribution in [0.4, 0.5) is 0 Å². The Morgan fingerprint density at radius 2 is 1.95 bits per heavy atom. The molecule has 0 saturated carbocycles. The molecule has 0 aliphatic carbocycles. The maximum Gasteiger partial charge on any atom is 0.219 e. The Morgan fingerprint density at radius 1 is 1.18 bits per heavy atom. The van der Waals surface area contributed by atoms with Crippen LogP contribution in [0, 0.1) is 0 Å². The maximum atomic E-state index is 11.1. The van der Waals surface area contributed by atoms with E-state index < -0.39 is 0 Å². The molecule has 0 spiro atoms. The van der Waals surface area contributed by atoms with Crippen molar-refractivity contribution < 1.29 is 9.59 Å². The van der Waals surface area contributed by atoms with Gasteiger partial charge in [0.05, 0.1) is 0 Å². The highest BCUT2D eigenvalue weighted by atomic mass is 16.1. The molecule has 0 fully saturated rings. The zero-order chi connectivity index (χ0) is 16.4. The molecule has 1 heterocycles. The Labute approximate surface area is 133 Å². The van der Waals surface area contributed by atoms with Gasteiger partial charge in [0, 0.05) is 31.8 Å². The molecule has 0 aromatic carbocycles. The molecule has 0 bridgehead atoms. The second kappa shape index (κ2) is 10.1. The van der Waals surface area contributed by atoms with Gasteiger partial charge in [-0.2, -0.15) is 0 Å². The Bertz CT molecular complexity index is 468. The van der Waals surface area contributed by atoms with Crippen molar-refractivity contribution in [2.24, 2.45) is 0 Å². The second-order valence-corrected chi connectivity index (χ2v) is 5.97. The number of ketones is 1. The predicted octanol–water partition coefficient (Wildman–Crippen LogP) is 3.40. The first-order valence-electron chi connectivity index (χ1n) is 8.17. The number of unbranched alkanes of at least 4 members (excludes halogenated alkanes) is 2. The van der Waals surface area contributed by atoms with E-state index in [-0.39, 0.29) is 11.7 Å². The summed E-state index contributed by atoms with van der Waals surface area (Å²) in [4.78, 5) is 26.6. The van der Waals surface area contributed by atoms with Crippen LogP contribution in [0.3, 0.4) is 0 Å². The molecule has 0 radical (unpaired) electrons. The van der Waals surface area contributed by atoms with Crippen LogP contribution in [0.25, 0.3) is 0 Å². The minimum atomic E-state index is 0.116. The van der Waals surface area contributed by atoms with E-state index in [1.807, 2.05) is 6.20 Å². The number of carbonyl (C=O) groups excluding carboxylic acids is 2. The number of nitrogens with one attached hydrogen (secondary N) is 1. The zero-order valence-electron chi connectivity index (χ0n) is 14.0. The summed E-state index contributed by atoms with van der Waals surface area (Å²) >= 11 is 0. The monoisotopic (exact) mass is 304 g/mol. The molecule has 1 atom stereocenters. The fraction of sp³-hybridized carbons (Fsp3) is 0.611. The number of nitrogens with zero attached hydrogens (tertiary/aromatic N) is 1. The summed E-state index contributed by atoms with van der Waals surface area (Å²) in [5.41, 5.74) is 2.30. The fourth-order valence-corrected chi connectivity index (χ4v) is 2.36. The van der Waals surface area contributed by atoms with Crippen LogP contribution in [0.5, 0.6) is 0 Å². The molecule has 1 rings (SSSR count). The zero-order valence-corrected chi connectivity index (χ0v) is 14.0. The summed E-state index contributed by atoms with van der Waals surface area (Å²) in [5.74, 6) is 0.677. The Morgan fingerprint density at radius 3 is 2.55 bits per heavy atom.